The van der Waals surface area contributed by atoms with E-state index < -0.39 is 0 Å². The van der Waals surface area contributed by atoms with Gasteiger partial charge in [0.1, 0.15) is 0 Å². The molecule has 132 valence electrons. The van der Waals surface area contributed by atoms with Crippen LogP contribution in [0.25, 0.3) is 17.1 Å². The molecule has 6 heteroatoms. The van der Waals surface area contributed by atoms with Crippen LogP contribution in [0.3, 0.4) is 0 Å². The number of nitrogens with one attached hydrogen (secondary N) is 1. The number of benzene rings is 3. The van der Waals surface area contributed by atoms with E-state index in [0.29, 0.717) is 16.5 Å². The quantitative estimate of drug-likeness (QED) is 0.390. The molecule has 0 saturated heterocycles. The van der Waals surface area contributed by atoms with E-state index in [4.69, 9.17) is 17.2 Å². The summed E-state index contributed by atoms with van der Waals surface area (Å²) < 4.78 is 3.28. The lowest BCUT2D eigenvalue weighted by atomic mass is 10.2. The van der Waals surface area contributed by atoms with Crippen LogP contribution in [0.2, 0.25) is 0 Å². The fourth-order valence-corrected chi connectivity index (χ4v) is 3.22. The van der Waals surface area contributed by atoms with E-state index in [1.165, 1.54) is 0 Å². The molecule has 1 N–H and O–H groups in total. The average molecular weight is 435 g/mol. The molecule has 0 amide bonds. The molecule has 0 unspecified atom stereocenters. The van der Waals surface area contributed by atoms with Crippen LogP contribution >= 0.6 is 28.1 Å². The third-order valence-corrected chi connectivity index (χ3v) is 4.77. The van der Waals surface area contributed by atoms with E-state index >= 15 is 0 Å². The van der Waals surface area contributed by atoms with Crippen molar-refractivity contribution in [2.75, 3.05) is 5.32 Å². The van der Waals surface area contributed by atoms with Gasteiger partial charge in [-0.25, -0.2) is 0 Å². The topological polar surface area (TPSA) is 42.7 Å². The van der Waals surface area contributed by atoms with Crippen LogP contribution < -0.4 is 5.32 Å². The SMILES string of the molecule is S=c1nc(-c2ccc(Br)cc2)nc(Nc2ccccc2)n1-c1ccccc1. The molecule has 0 bridgehead atoms. The first kappa shape index (κ1) is 17.6. The van der Waals surface area contributed by atoms with Gasteiger partial charge in [0.2, 0.25) is 10.7 Å². The number of aromatic nitrogens is 3. The maximum Gasteiger partial charge on any atom is 0.216 e. The smallest absolute Gasteiger partial charge is 0.216 e. The molecule has 0 spiro atoms. The van der Waals surface area contributed by atoms with E-state index in [1.54, 1.807) is 0 Å². The summed E-state index contributed by atoms with van der Waals surface area (Å²) in [5.41, 5.74) is 2.74. The van der Waals surface area contributed by atoms with Crippen LogP contribution in [0.15, 0.2) is 89.4 Å². The van der Waals surface area contributed by atoms with Gasteiger partial charge in [0.15, 0.2) is 5.82 Å². The lowest BCUT2D eigenvalue weighted by Crippen LogP contribution is -2.10. The number of nitrogens with zero attached hydrogens (tertiary/aromatic N) is 3. The molecule has 27 heavy (non-hydrogen) atoms. The van der Waals surface area contributed by atoms with Crippen molar-refractivity contribution >= 4 is 39.8 Å². The number of rotatable bonds is 4. The second-order valence-corrected chi connectivity index (χ2v) is 7.10. The van der Waals surface area contributed by atoms with Crippen molar-refractivity contribution < 1.29 is 0 Å². The van der Waals surface area contributed by atoms with Crippen LogP contribution in [0.5, 0.6) is 0 Å². The molecule has 0 aliphatic carbocycles. The maximum absolute atomic E-state index is 5.61. The summed E-state index contributed by atoms with van der Waals surface area (Å²) in [6.45, 7) is 0. The zero-order valence-corrected chi connectivity index (χ0v) is 16.6. The summed E-state index contributed by atoms with van der Waals surface area (Å²) in [4.78, 5) is 9.33. The predicted molar refractivity (Wildman–Crippen MR) is 115 cm³/mol. The van der Waals surface area contributed by atoms with Gasteiger partial charge in [-0.15, -0.1) is 0 Å². The standard InChI is InChI=1S/C21H15BrN4S/c22-16-13-11-15(12-14-16)19-24-20(23-17-7-3-1-4-8-17)26(21(27)25-19)18-9-5-2-6-10-18/h1-14H,(H,23,24,25,27). The van der Waals surface area contributed by atoms with Crippen molar-refractivity contribution in [2.45, 2.75) is 0 Å². The highest BCUT2D eigenvalue weighted by molar-refractivity contribution is 9.10. The van der Waals surface area contributed by atoms with Gasteiger partial charge >= 0.3 is 0 Å². The van der Waals surface area contributed by atoms with Crippen molar-refractivity contribution in [1.82, 2.24) is 14.5 Å². The molecule has 4 rings (SSSR count). The summed E-state index contributed by atoms with van der Waals surface area (Å²) in [5, 5.41) is 3.37. The molecule has 0 aliphatic rings. The fraction of sp³-hybridized carbons (Fsp3) is 0. The van der Waals surface area contributed by atoms with Crippen molar-refractivity contribution in [1.29, 1.82) is 0 Å². The third kappa shape index (κ3) is 3.97. The van der Waals surface area contributed by atoms with Crippen molar-refractivity contribution in [3.05, 3.63) is 94.2 Å². The molecule has 0 saturated carbocycles. The van der Waals surface area contributed by atoms with Crippen LogP contribution in [-0.4, -0.2) is 14.5 Å². The lowest BCUT2D eigenvalue weighted by Gasteiger charge is -2.15. The highest BCUT2D eigenvalue weighted by Crippen LogP contribution is 2.24. The minimum absolute atomic E-state index is 0.438. The molecule has 0 aliphatic heterocycles. The first-order valence-corrected chi connectivity index (χ1v) is 9.55. The second kappa shape index (κ2) is 7.82. The molecule has 0 fully saturated rings. The molecule has 1 heterocycles. The monoisotopic (exact) mass is 434 g/mol. The first-order valence-electron chi connectivity index (χ1n) is 8.35. The third-order valence-electron chi connectivity index (χ3n) is 3.96. The predicted octanol–water partition coefficient (Wildman–Crippen LogP) is 6.17. The zero-order valence-electron chi connectivity index (χ0n) is 14.2. The summed E-state index contributed by atoms with van der Waals surface area (Å²) in [6.07, 6.45) is 0. The molecule has 3 aromatic carbocycles. The van der Waals surface area contributed by atoms with Gasteiger partial charge in [-0.05, 0) is 48.6 Å². The van der Waals surface area contributed by atoms with Crippen LogP contribution in [-0.2, 0) is 0 Å². The number of hydrogen-bond donors (Lipinski definition) is 1. The van der Waals surface area contributed by atoms with E-state index in [9.17, 15) is 0 Å². The highest BCUT2D eigenvalue weighted by atomic mass is 79.9. The molecular weight excluding hydrogens is 420 g/mol. The summed E-state index contributed by atoms with van der Waals surface area (Å²) in [7, 11) is 0. The average Bonchev–Trinajstić information content (AvgIpc) is 2.70. The van der Waals surface area contributed by atoms with Crippen LogP contribution in [0.1, 0.15) is 0 Å². The molecule has 4 aromatic rings. The Morgan fingerprint density at radius 1 is 0.778 bits per heavy atom. The molecule has 0 radical (unpaired) electrons. The fourth-order valence-electron chi connectivity index (χ4n) is 2.68. The second-order valence-electron chi connectivity index (χ2n) is 5.82. The maximum atomic E-state index is 5.61. The summed E-state index contributed by atoms with van der Waals surface area (Å²) in [6, 6.07) is 27.6. The summed E-state index contributed by atoms with van der Waals surface area (Å²) >= 11 is 9.07. The van der Waals surface area contributed by atoms with Gasteiger partial charge in [-0.3, -0.25) is 4.57 Å². The van der Waals surface area contributed by atoms with E-state index in [-0.39, 0.29) is 0 Å². The van der Waals surface area contributed by atoms with Crippen molar-refractivity contribution in [3.63, 3.8) is 0 Å². The Labute approximate surface area is 170 Å². The van der Waals surface area contributed by atoms with E-state index in [0.717, 1.165) is 21.4 Å². The lowest BCUT2D eigenvalue weighted by molar-refractivity contribution is 0.911. The van der Waals surface area contributed by atoms with Gasteiger partial charge < -0.3 is 5.32 Å². The Bertz CT molecular complexity index is 1110. The van der Waals surface area contributed by atoms with Gasteiger partial charge in [0.05, 0.1) is 5.69 Å². The van der Waals surface area contributed by atoms with E-state index in [2.05, 4.69) is 26.2 Å². The first-order chi connectivity index (χ1) is 13.2. The van der Waals surface area contributed by atoms with Crippen LogP contribution in [0, 0.1) is 4.77 Å². The minimum Gasteiger partial charge on any atom is -0.325 e. The van der Waals surface area contributed by atoms with Gasteiger partial charge in [-0.1, -0.05) is 64.5 Å². The largest absolute Gasteiger partial charge is 0.325 e. The van der Waals surface area contributed by atoms with Gasteiger partial charge in [0.25, 0.3) is 0 Å². The minimum atomic E-state index is 0.438. The zero-order chi connectivity index (χ0) is 18.6. The Morgan fingerprint density at radius 2 is 1.41 bits per heavy atom. The molecule has 1 aromatic heterocycles. The Morgan fingerprint density at radius 3 is 2.07 bits per heavy atom. The van der Waals surface area contributed by atoms with Gasteiger partial charge in [0, 0.05) is 15.7 Å². The van der Waals surface area contributed by atoms with Crippen molar-refractivity contribution in [2.24, 2.45) is 0 Å². The molecular formula is C21H15BrN4S. The number of para-hydroxylation sites is 2. The van der Waals surface area contributed by atoms with Crippen LogP contribution in [0.4, 0.5) is 11.6 Å². The molecule has 4 nitrogen and oxygen atoms in total. The Hall–Kier alpha value is -2.83. The Kier molecular flexibility index (Phi) is 5.09. The number of anilines is 2. The highest BCUT2D eigenvalue weighted by Gasteiger charge is 2.12. The Balaban J connectivity index is 1.88. The normalized spacial score (nSPS) is 10.6. The number of halogens is 1. The number of hydrogen-bond acceptors (Lipinski definition) is 4. The van der Waals surface area contributed by atoms with E-state index in [1.807, 2.05) is 89.5 Å². The van der Waals surface area contributed by atoms with Gasteiger partial charge in [-0.2, -0.15) is 9.97 Å². The molecule has 0 atom stereocenters. The summed E-state index contributed by atoms with van der Waals surface area (Å²) in [5.74, 6) is 1.20. The van der Waals surface area contributed by atoms with Crippen molar-refractivity contribution in [3.8, 4) is 17.1 Å².